The maximum atomic E-state index is 12.1. The number of hydrogen-bond donors (Lipinski definition) is 4. The first-order valence-corrected chi connectivity index (χ1v) is 15.8. The van der Waals surface area contributed by atoms with Crippen molar-refractivity contribution in [2.24, 2.45) is 15.3 Å². The number of fused-ring (bicyclic) bond motifs is 2. The number of nitrogens with zero attached hydrogens (tertiary/aromatic N) is 4. The molecule has 49 heavy (non-hydrogen) atoms. The highest BCUT2D eigenvalue weighted by molar-refractivity contribution is 5.95. The smallest absolute Gasteiger partial charge is 0.265 e. The summed E-state index contributed by atoms with van der Waals surface area (Å²) >= 11 is 0. The van der Waals surface area contributed by atoms with Crippen molar-refractivity contribution in [1.82, 2.24) is 9.99 Å². The fraction of sp³-hybridized carbons (Fsp3) is 0.154. The zero-order chi connectivity index (χ0) is 34.8. The van der Waals surface area contributed by atoms with E-state index in [2.05, 4.69) is 20.8 Å². The number of carbonyl (C=O) groups excluding carboxylic acids is 2. The van der Waals surface area contributed by atoms with Gasteiger partial charge in [0, 0.05) is 18.4 Å². The molecule has 0 aliphatic carbocycles. The molecular formula is C39H37N5O5. The Kier molecular flexibility index (Phi) is 11.1. The number of aromatic nitrogens is 1. The van der Waals surface area contributed by atoms with Gasteiger partial charge in [-0.1, -0.05) is 84.9 Å². The second-order valence-corrected chi connectivity index (χ2v) is 11.3. The number of rotatable bonds is 9. The van der Waals surface area contributed by atoms with E-state index in [9.17, 15) is 24.9 Å². The molecule has 0 fully saturated rings. The van der Waals surface area contributed by atoms with Crippen LogP contribution < -0.4 is 5.43 Å². The van der Waals surface area contributed by atoms with Crippen molar-refractivity contribution in [2.75, 3.05) is 0 Å². The topological polar surface area (TPSA) is 149 Å². The molecule has 0 unspecified atom stereocenters. The lowest BCUT2D eigenvalue weighted by Crippen LogP contribution is -2.19. The number of nitrogens with one attached hydrogen (secondary N) is 1. The number of benzene rings is 5. The van der Waals surface area contributed by atoms with E-state index < -0.39 is 0 Å². The molecule has 0 saturated heterocycles. The highest BCUT2D eigenvalue weighted by Gasteiger charge is 2.15. The molecule has 10 heteroatoms. The van der Waals surface area contributed by atoms with Crippen molar-refractivity contribution in [2.45, 2.75) is 39.7 Å². The van der Waals surface area contributed by atoms with Gasteiger partial charge in [-0.2, -0.15) is 5.10 Å². The van der Waals surface area contributed by atoms with Gasteiger partial charge in [0.2, 0.25) is 11.8 Å². The summed E-state index contributed by atoms with van der Waals surface area (Å²) in [5.74, 6) is -0.922. The van der Waals surface area contributed by atoms with E-state index in [1.165, 1.54) is 18.3 Å². The van der Waals surface area contributed by atoms with Gasteiger partial charge >= 0.3 is 0 Å². The van der Waals surface area contributed by atoms with E-state index >= 15 is 0 Å². The average Bonchev–Trinajstić information content (AvgIpc) is 3.38. The van der Waals surface area contributed by atoms with Crippen LogP contribution in [-0.2, 0) is 29.0 Å². The SMILES string of the molecule is CCn1c(O)c(N=NC(=O)CCc2ccccc2C)c2ccccc21.O=C(Cc1cccc2ccccc12)N/N=C/c1ccc(O)c(O)c1. The van der Waals surface area contributed by atoms with Gasteiger partial charge in [-0.05, 0) is 77.6 Å². The molecule has 0 spiro atoms. The Hall–Kier alpha value is -6.29. The number of phenols is 2. The second kappa shape index (κ2) is 16.0. The third-order valence-corrected chi connectivity index (χ3v) is 8.00. The average molecular weight is 656 g/mol. The molecule has 0 atom stereocenters. The molecule has 4 N–H and O–H groups in total. The van der Waals surface area contributed by atoms with E-state index in [0.717, 1.165) is 38.4 Å². The number of amides is 2. The van der Waals surface area contributed by atoms with Gasteiger partial charge in [0.25, 0.3) is 5.91 Å². The third kappa shape index (κ3) is 8.55. The lowest BCUT2D eigenvalue weighted by molar-refractivity contribution is -0.120. The number of aromatic hydroxyl groups is 3. The molecule has 0 aliphatic heterocycles. The Morgan fingerprint density at radius 2 is 1.49 bits per heavy atom. The van der Waals surface area contributed by atoms with E-state index in [4.69, 9.17) is 0 Å². The number of phenolic OH excluding ortho intramolecular Hbond substituents is 2. The van der Waals surface area contributed by atoms with E-state index in [-0.39, 0.29) is 35.6 Å². The predicted octanol–water partition coefficient (Wildman–Crippen LogP) is 7.86. The molecule has 10 nitrogen and oxygen atoms in total. The lowest BCUT2D eigenvalue weighted by Gasteiger charge is -2.05. The summed E-state index contributed by atoms with van der Waals surface area (Å²) in [6.45, 7) is 4.59. The van der Waals surface area contributed by atoms with Crippen molar-refractivity contribution in [3.63, 3.8) is 0 Å². The quantitative estimate of drug-likeness (QED) is 0.0541. The predicted molar refractivity (Wildman–Crippen MR) is 191 cm³/mol. The van der Waals surface area contributed by atoms with Gasteiger partial charge in [0.15, 0.2) is 17.2 Å². The van der Waals surface area contributed by atoms with Gasteiger partial charge in [-0.3, -0.25) is 9.59 Å². The summed E-state index contributed by atoms with van der Waals surface area (Å²) in [4.78, 5) is 24.1. The maximum Gasteiger partial charge on any atom is 0.265 e. The second-order valence-electron chi connectivity index (χ2n) is 11.3. The minimum atomic E-state index is -0.295. The zero-order valence-electron chi connectivity index (χ0n) is 27.2. The maximum absolute atomic E-state index is 12.1. The van der Waals surface area contributed by atoms with Crippen LogP contribution in [-0.4, -0.2) is 37.9 Å². The van der Waals surface area contributed by atoms with Crippen molar-refractivity contribution in [3.8, 4) is 17.4 Å². The van der Waals surface area contributed by atoms with Crippen LogP contribution in [0.4, 0.5) is 5.69 Å². The summed E-state index contributed by atoms with van der Waals surface area (Å²) in [5.41, 5.74) is 7.49. The van der Waals surface area contributed by atoms with Crippen LogP contribution in [0.5, 0.6) is 17.4 Å². The number of hydrazone groups is 1. The van der Waals surface area contributed by atoms with E-state index in [0.29, 0.717) is 30.6 Å². The van der Waals surface area contributed by atoms with Crippen LogP contribution in [0.15, 0.2) is 125 Å². The van der Waals surface area contributed by atoms with Crippen LogP contribution in [0.2, 0.25) is 0 Å². The Morgan fingerprint density at radius 3 is 2.27 bits per heavy atom. The Bertz CT molecular complexity index is 2160. The van der Waals surface area contributed by atoms with Crippen molar-refractivity contribution in [1.29, 1.82) is 0 Å². The minimum Gasteiger partial charge on any atom is -0.504 e. The van der Waals surface area contributed by atoms with Crippen LogP contribution >= 0.6 is 0 Å². The Balaban J connectivity index is 0.000000191. The first kappa shape index (κ1) is 34.1. The molecule has 5 aromatic carbocycles. The summed E-state index contributed by atoms with van der Waals surface area (Å²) < 4.78 is 1.75. The molecule has 0 radical (unpaired) electrons. The van der Waals surface area contributed by atoms with Crippen LogP contribution in [0, 0.1) is 6.92 Å². The molecule has 0 bridgehead atoms. The molecule has 0 saturated carbocycles. The summed E-state index contributed by atoms with van der Waals surface area (Å²) in [7, 11) is 0. The van der Waals surface area contributed by atoms with Gasteiger partial charge in [-0.15, -0.1) is 10.2 Å². The monoisotopic (exact) mass is 655 g/mol. The largest absolute Gasteiger partial charge is 0.504 e. The standard InChI is InChI=1S/C20H21N3O2.C19H16N2O3/c1-3-23-17-11-7-6-10-16(17)19(20(23)25)22-21-18(24)13-12-15-9-5-4-8-14(15)2;22-17-9-8-13(10-18(17)23)12-20-21-19(24)11-15-6-3-5-14-4-1-2-7-16(14)15/h4-11,25H,3,12-13H2,1-2H3;1-10,12,22-23H,11H2,(H,21,24)/b;20-12+. The number of aryl methyl sites for hydroxylation is 3. The summed E-state index contributed by atoms with van der Waals surface area (Å²) in [6.07, 6.45) is 2.55. The first-order valence-electron chi connectivity index (χ1n) is 15.8. The fourth-order valence-corrected chi connectivity index (χ4v) is 5.44. The third-order valence-electron chi connectivity index (χ3n) is 8.00. The van der Waals surface area contributed by atoms with Gasteiger partial charge < -0.3 is 19.9 Å². The number of carbonyl (C=O) groups is 2. The van der Waals surface area contributed by atoms with Gasteiger partial charge in [0.05, 0.1) is 18.2 Å². The van der Waals surface area contributed by atoms with Crippen molar-refractivity contribution >= 4 is 45.4 Å². The van der Waals surface area contributed by atoms with Crippen LogP contribution in [0.25, 0.3) is 21.7 Å². The highest BCUT2D eigenvalue weighted by atomic mass is 16.3. The van der Waals surface area contributed by atoms with Crippen LogP contribution in [0.1, 0.15) is 35.6 Å². The van der Waals surface area contributed by atoms with Gasteiger partial charge in [0.1, 0.15) is 0 Å². The Morgan fingerprint density at radius 1 is 0.796 bits per heavy atom. The number of para-hydroxylation sites is 1. The summed E-state index contributed by atoms with van der Waals surface area (Å²) in [6, 6.07) is 33.6. The molecule has 0 aliphatic rings. The normalized spacial score (nSPS) is 11.2. The van der Waals surface area contributed by atoms with Crippen LogP contribution in [0.3, 0.4) is 0 Å². The first-order chi connectivity index (χ1) is 23.7. The van der Waals surface area contributed by atoms with Crippen molar-refractivity contribution < 1.29 is 24.9 Å². The molecule has 1 aromatic heterocycles. The Labute approximate surface area is 283 Å². The van der Waals surface area contributed by atoms with E-state index in [1.54, 1.807) is 10.6 Å². The van der Waals surface area contributed by atoms with E-state index in [1.807, 2.05) is 105 Å². The van der Waals surface area contributed by atoms with Gasteiger partial charge in [-0.25, -0.2) is 5.43 Å². The molecule has 6 aromatic rings. The molecular weight excluding hydrogens is 618 g/mol. The molecule has 2 amide bonds. The summed E-state index contributed by atoms with van der Waals surface area (Å²) in [5, 5.41) is 43.7. The number of azo groups is 1. The molecule has 1 heterocycles. The lowest BCUT2D eigenvalue weighted by atomic mass is 10.0. The zero-order valence-corrected chi connectivity index (χ0v) is 27.2. The number of hydrogen-bond acceptors (Lipinski definition) is 7. The molecule has 248 valence electrons. The highest BCUT2D eigenvalue weighted by Crippen LogP contribution is 2.38. The minimum absolute atomic E-state index is 0.0409. The van der Waals surface area contributed by atoms with Crippen molar-refractivity contribution in [3.05, 3.63) is 131 Å². The molecule has 6 rings (SSSR count). The fourth-order valence-electron chi connectivity index (χ4n) is 5.44.